The predicted octanol–water partition coefficient (Wildman–Crippen LogP) is 2.83. The molecular weight excluding hydrogens is 394 g/mol. The van der Waals surface area contributed by atoms with E-state index < -0.39 is 16.8 Å². The molecule has 0 fully saturated rings. The fourth-order valence-corrected chi connectivity index (χ4v) is 5.32. The summed E-state index contributed by atoms with van der Waals surface area (Å²) in [5, 5.41) is 16.4. The van der Waals surface area contributed by atoms with Gasteiger partial charge in [0, 0.05) is 24.1 Å². The fraction of sp³-hybridized carbons (Fsp3) is 0.400. The van der Waals surface area contributed by atoms with Crippen molar-refractivity contribution in [2.45, 2.75) is 45.2 Å². The lowest BCUT2D eigenvalue weighted by Crippen LogP contribution is -3.03. The zero-order chi connectivity index (χ0) is 21.6. The van der Waals surface area contributed by atoms with Crippen molar-refractivity contribution < 1.29 is 24.6 Å². The van der Waals surface area contributed by atoms with Crippen molar-refractivity contribution in [1.29, 1.82) is 0 Å². The average molecular weight is 418 g/mol. The molecule has 0 aliphatic carbocycles. The number of ether oxygens (including phenoxy) is 1. The van der Waals surface area contributed by atoms with E-state index in [9.17, 15) is 19.7 Å². The van der Waals surface area contributed by atoms with Crippen molar-refractivity contribution >= 4 is 33.9 Å². The maximum atomic E-state index is 12.8. The van der Waals surface area contributed by atoms with Crippen LogP contribution in [0.2, 0.25) is 0 Å². The third-order valence-electron chi connectivity index (χ3n) is 4.91. The van der Waals surface area contributed by atoms with Crippen LogP contribution in [-0.4, -0.2) is 29.4 Å². The second-order valence-corrected chi connectivity index (χ2v) is 9.42. The highest BCUT2D eigenvalue weighted by molar-refractivity contribution is 7.17. The number of quaternary nitrogens is 1. The van der Waals surface area contributed by atoms with Crippen LogP contribution in [0.4, 0.5) is 10.7 Å². The summed E-state index contributed by atoms with van der Waals surface area (Å²) in [6.07, 6.45) is 0.652. The number of non-ortho nitro benzene ring substituents is 1. The number of rotatable bonds is 4. The Hall–Kier alpha value is -2.78. The number of carbonyl (C=O) groups excluding carboxylic acids is 2. The van der Waals surface area contributed by atoms with E-state index in [1.807, 2.05) is 0 Å². The summed E-state index contributed by atoms with van der Waals surface area (Å²) in [6, 6.07) is 5.48. The lowest BCUT2D eigenvalue weighted by atomic mass is 9.81. The minimum atomic E-state index is -0.555. The van der Waals surface area contributed by atoms with Crippen molar-refractivity contribution in [2.24, 2.45) is 0 Å². The van der Waals surface area contributed by atoms with Gasteiger partial charge in [-0.1, -0.05) is 6.07 Å². The average Bonchev–Trinajstić information content (AvgIpc) is 2.98. The molecular formula is C20H24N3O5S+. The van der Waals surface area contributed by atoms with Gasteiger partial charge in [-0.3, -0.25) is 14.9 Å². The number of nitro benzene ring substituents is 1. The molecule has 0 unspecified atom stereocenters. The highest BCUT2D eigenvalue weighted by Crippen LogP contribution is 2.42. The van der Waals surface area contributed by atoms with E-state index in [1.165, 1.54) is 42.7 Å². The van der Waals surface area contributed by atoms with Crippen LogP contribution in [0.25, 0.3) is 0 Å². The number of benzene rings is 1. The molecule has 1 aliphatic rings. The molecule has 9 heteroatoms. The number of amides is 1. The molecule has 3 rings (SSSR count). The molecule has 0 atom stereocenters. The van der Waals surface area contributed by atoms with Crippen LogP contribution in [-0.2, 0) is 16.7 Å². The second kappa shape index (κ2) is 7.23. The summed E-state index contributed by atoms with van der Waals surface area (Å²) in [6.45, 7) is 8.38. The van der Waals surface area contributed by atoms with E-state index in [1.54, 1.807) is 0 Å². The number of hydrogen-bond acceptors (Lipinski definition) is 6. The SMILES string of the molecule is COC(=O)c1c(NC(=O)c2cccc([N+](=O)[O-])c2)sc2c1CC(C)(C)[NH2+]C2(C)C. The quantitative estimate of drug-likeness (QED) is 0.450. The molecule has 1 aliphatic heterocycles. The minimum absolute atomic E-state index is 0.123. The van der Waals surface area contributed by atoms with Crippen LogP contribution in [0.15, 0.2) is 24.3 Å². The van der Waals surface area contributed by atoms with Crippen LogP contribution < -0.4 is 10.6 Å². The van der Waals surface area contributed by atoms with E-state index in [0.717, 1.165) is 10.4 Å². The number of nitro groups is 1. The highest BCUT2D eigenvalue weighted by atomic mass is 32.1. The van der Waals surface area contributed by atoms with Crippen molar-refractivity contribution in [3.63, 3.8) is 0 Å². The molecule has 2 aromatic rings. The Morgan fingerprint density at radius 3 is 2.59 bits per heavy atom. The Morgan fingerprint density at radius 1 is 1.28 bits per heavy atom. The Labute approximate surface area is 172 Å². The van der Waals surface area contributed by atoms with Gasteiger partial charge in [0.15, 0.2) is 0 Å². The van der Waals surface area contributed by atoms with E-state index in [4.69, 9.17) is 4.74 Å². The molecule has 8 nitrogen and oxygen atoms in total. The van der Waals surface area contributed by atoms with Gasteiger partial charge < -0.3 is 15.4 Å². The van der Waals surface area contributed by atoms with Gasteiger partial charge >= 0.3 is 5.97 Å². The minimum Gasteiger partial charge on any atom is -0.465 e. The van der Waals surface area contributed by atoms with Gasteiger partial charge in [-0.2, -0.15) is 0 Å². The number of anilines is 1. The van der Waals surface area contributed by atoms with E-state index in [0.29, 0.717) is 17.0 Å². The van der Waals surface area contributed by atoms with Gasteiger partial charge in [-0.05, 0) is 39.3 Å². The summed E-state index contributed by atoms with van der Waals surface area (Å²) in [5.74, 6) is -1.02. The van der Waals surface area contributed by atoms with Crippen molar-refractivity contribution in [3.05, 3.63) is 55.9 Å². The fourth-order valence-electron chi connectivity index (χ4n) is 4.05. The summed E-state index contributed by atoms with van der Waals surface area (Å²) in [5.41, 5.74) is 0.816. The van der Waals surface area contributed by atoms with Crippen LogP contribution in [0.3, 0.4) is 0 Å². The van der Waals surface area contributed by atoms with Crippen molar-refractivity contribution in [2.75, 3.05) is 12.4 Å². The molecule has 29 heavy (non-hydrogen) atoms. The van der Waals surface area contributed by atoms with E-state index in [2.05, 4.69) is 38.3 Å². The third kappa shape index (κ3) is 4.01. The molecule has 3 N–H and O–H groups in total. The second-order valence-electron chi connectivity index (χ2n) is 8.40. The standard InChI is InChI=1S/C20H23N3O5S/c1-19(2)10-13-14(18(25)28-5)17(29-15(13)20(3,4)22-19)21-16(24)11-7-6-8-12(9-11)23(26)27/h6-9,22H,10H2,1-5H3,(H,21,24)/p+1. The predicted molar refractivity (Wildman–Crippen MR) is 109 cm³/mol. The molecule has 1 amide bonds. The number of thiophene rings is 1. The first-order valence-corrected chi connectivity index (χ1v) is 9.94. The first kappa shape index (κ1) is 20.9. The number of carbonyl (C=O) groups is 2. The molecule has 0 saturated carbocycles. The molecule has 0 radical (unpaired) electrons. The molecule has 0 bridgehead atoms. The number of nitrogens with two attached hydrogens (primary N) is 1. The van der Waals surface area contributed by atoms with Crippen molar-refractivity contribution in [1.82, 2.24) is 0 Å². The number of methoxy groups -OCH3 is 1. The Bertz CT molecular complexity index is 1010. The first-order valence-electron chi connectivity index (χ1n) is 9.12. The number of fused-ring (bicyclic) bond motifs is 1. The van der Waals surface area contributed by atoms with Gasteiger partial charge in [0.25, 0.3) is 11.6 Å². The van der Waals surface area contributed by atoms with Crippen LogP contribution in [0.1, 0.15) is 58.9 Å². The van der Waals surface area contributed by atoms with Crippen LogP contribution in [0.5, 0.6) is 0 Å². The van der Waals surface area contributed by atoms with E-state index in [-0.39, 0.29) is 22.3 Å². The number of nitrogens with one attached hydrogen (secondary N) is 1. The third-order valence-corrected chi connectivity index (χ3v) is 6.40. The maximum Gasteiger partial charge on any atom is 0.341 e. The smallest absolute Gasteiger partial charge is 0.341 e. The normalized spacial score (nSPS) is 16.6. The molecule has 1 aromatic carbocycles. The molecule has 1 aromatic heterocycles. The van der Waals surface area contributed by atoms with Crippen LogP contribution in [0, 0.1) is 10.1 Å². The van der Waals surface area contributed by atoms with Gasteiger partial charge in [0.05, 0.1) is 28.0 Å². The number of hydrogen-bond donors (Lipinski definition) is 2. The summed E-state index contributed by atoms with van der Waals surface area (Å²) >= 11 is 1.35. The largest absolute Gasteiger partial charge is 0.465 e. The molecule has 0 spiro atoms. The summed E-state index contributed by atoms with van der Waals surface area (Å²) in [4.78, 5) is 36.8. The first-order chi connectivity index (χ1) is 13.4. The van der Waals surface area contributed by atoms with Gasteiger partial charge in [0.1, 0.15) is 10.5 Å². The van der Waals surface area contributed by atoms with Crippen molar-refractivity contribution in [3.8, 4) is 0 Å². The summed E-state index contributed by atoms with van der Waals surface area (Å²) < 4.78 is 4.99. The highest BCUT2D eigenvalue weighted by Gasteiger charge is 2.45. The molecule has 0 saturated heterocycles. The maximum absolute atomic E-state index is 12.8. The number of nitrogens with zero attached hydrogens (tertiary/aromatic N) is 1. The van der Waals surface area contributed by atoms with Crippen LogP contribution >= 0.6 is 11.3 Å². The lowest BCUT2D eigenvalue weighted by Gasteiger charge is -2.38. The van der Waals surface area contributed by atoms with Gasteiger partial charge in [-0.15, -0.1) is 11.3 Å². The Kier molecular flexibility index (Phi) is 5.22. The Morgan fingerprint density at radius 2 is 1.97 bits per heavy atom. The monoisotopic (exact) mass is 418 g/mol. The van der Waals surface area contributed by atoms with E-state index >= 15 is 0 Å². The molecule has 2 heterocycles. The topological polar surface area (TPSA) is 115 Å². The summed E-state index contributed by atoms with van der Waals surface area (Å²) in [7, 11) is 1.31. The zero-order valence-electron chi connectivity index (χ0n) is 17.0. The van der Waals surface area contributed by atoms with Gasteiger partial charge in [0.2, 0.25) is 0 Å². The molecule has 154 valence electrons. The zero-order valence-corrected chi connectivity index (χ0v) is 17.8. The Balaban J connectivity index is 2.05. The lowest BCUT2D eigenvalue weighted by molar-refractivity contribution is -0.789. The number of esters is 1. The van der Waals surface area contributed by atoms with Gasteiger partial charge in [-0.25, -0.2) is 4.79 Å².